The fraction of sp³-hybridized carbons (Fsp3) is 0.615. The summed E-state index contributed by atoms with van der Waals surface area (Å²) in [6.45, 7) is 9.81. The van der Waals surface area contributed by atoms with Crippen LogP contribution in [0.2, 0.25) is 0 Å². The van der Waals surface area contributed by atoms with Gasteiger partial charge in [0.05, 0.1) is 17.8 Å². The number of piperidine rings is 1. The second-order valence-corrected chi connectivity index (χ2v) is 4.98. The first kappa shape index (κ1) is 16.2. The van der Waals surface area contributed by atoms with Crippen LogP contribution >= 0.6 is 11.6 Å². The molecule has 0 amide bonds. The Kier molecular flexibility index (Phi) is 7.09. The molecule has 1 aliphatic heterocycles. The van der Waals surface area contributed by atoms with Gasteiger partial charge >= 0.3 is 0 Å². The van der Waals surface area contributed by atoms with E-state index in [0.29, 0.717) is 23.6 Å². The van der Waals surface area contributed by atoms with E-state index in [2.05, 4.69) is 28.5 Å². The van der Waals surface area contributed by atoms with Crippen molar-refractivity contribution in [1.29, 1.82) is 0 Å². The molecule has 0 aliphatic carbocycles. The zero-order chi connectivity index (χ0) is 14.3. The molecular formula is C13H23ClN4O. The molecule has 3 N–H and O–H groups in total. The number of nitrogens with zero attached hydrogens (tertiary/aromatic N) is 2. The minimum absolute atomic E-state index is 0.333. The predicted octanol–water partition coefficient (Wildman–Crippen LogP) is 1.27. The number of hydrogen-bond acceptors (Lipinski definition) is 5. The number of rotatable bonds is 7. The van der Waals surface area contributed by atoms with Gasteiger partial charge < -0.3 is 15.8 Å². The van der Waals surface area contributed by atoms with Gasteiger partial charge in [-0.25, -0.2) is 4.99 Å². The minimum atomic E-state index is -0.414. The molecule has 1 aliphatic rings. The minimum Gasteiger partial charge on any atom is -0.369 e. The van der Waals surface area contributed by atoms with Crippen LogP contribution in [0.15, 0.2) is 28.5 Å². The number of aliphatic imine (C=N–C) groups is 1. The van der Waals surface area contributed by atoms with Crippen LogP contribution in [0, 0.1) is 0 Å². The largest absolute Gasteiger partial charge is 0.369 e. The van der Waals surface area contributed by atoms with Crippen molar-refractivity contribution in [2.75, 3.05) is 26.9 Å². The molecule has 1 heterocycles. The summed E-state index contributed by atoms with van der Waals surface area (Å²) in [5.41, 5.74) is 5.80. The fourth-order valence-electron chi connectivity index (χ4n) is 2.03. The van der Waals surface area contributed by atoms with Crippen molar-refractivity contribution < 1.29 is 4.74 Å². The Labute approximate surface area is 120 Å². The molecule has 0 bridgehead atoms. The third-order valence-corrected chi connectivity index (χ3v) is 3.60. The number of nitrogens with two attached hydrogens (primary N) is 1. The highest BCUT2D eigenvalue weighted by Gasteiger charge is 2.20. The molecule has 0 radical (unpaired) electrons. The summed E-state index contributed by atoms with van der Waals surface area (Å²) < 4.78 is 5.12. The monoisotopic (exact) mass is 286 g/mol. The lowest BCUT2D eigenvalue weighted by atomic mass is 10.1. The molecule has 1 atom stereocenters. The topological polar surface area (TPSA) is 62.9 Å². The molecular weight excluding hydrogens is 264 g/mol. The summed E-state index contributed by atoms with van der Waals surface area (Å²) in [5, 5.41) is 3.75. The standard InChI is InChI=1S/C13H23ClN4O/c1-4-11(15)12(14)13(16-2)17-10-5-7-18(8-6-10)9-19-3/h4,10-11,17H,1-2,5-9,15H2,3H3/b13-12-. The normalized spacial score (nSPS) is 20.6. The second-order valence-electron chi connectivity index (χ2n) is 4.57. The highest BCUT2D eigenvalue weighted by molar-refractivity contribution is 6.30. The van der Waals surface area contributed by atoms with E-state index in [0.717, 1.165) is 25.9 Å². The van der Waals surface area contributed by atoms with E-state index in [-0.39, 0.29) is 0 Å². The lowest BCUT2D eigenvalue weighted by Crippen LogP contribution is -2.43. The van der Waals surface area contributed by atoms with Crippen molar-refractivity contribution >= 4 is 18.3 Å². The average molecular weight is 287 g/mol. The van der Waals surface area contributed by atoms with Crippen LogP contribution in [-0.2, 0) is 4.74 Å². The smallest absolute Gasteiger partial charge is 0.142 e. The Balaban J connectivity index is 2.54. The Bertz CT molecular complexity index is 338. The van der Waals surface area contributed by atoms with E-state index < -0.39 is 6.04 Å². The van der Waals surface area contributed by atoms with Gasteiger partial charge in [-0.2, -0.15) is 0 Å². The van der Waals surface area contributed by atoms with Crippen molar-refractivity contribution in [2.24, 2.45) is 10.7 Å². The molecule has 1 saturated heterocycles. The average Bonchev–Trinajstić information content (AvgIpc) is 2.45. The van der Waals surface area contributed by atoms with Gasteiger partial charge in [-0.05, 0) is 19.6 Å². The van der Waals surface area contributed by atoms with Crippen molar-refractivity contribution in [1.82, 2.24) is 10.2 Å². The first-order valence-electron chi connectivity index (χ1n) is 6.34. The van der Waals surface area contributed by atoms with Crippen molar-refractivity contribution in [3.8, 4) is 0 Å². The highest BCUT2D eigenvalue weighted by atomic mass is 35.5. The molecule has 0 saturated carbocycles. The summed E-state index contributed by atoms with van der Waals surface area (Å²) in [7, 11) is 1.71. The van der Waals surface area contributed by atoms with E-state index >= 15 is 0 Å². The molecule has 0 aromatic carbocycles. The number of ether oxygens (including phenoxy) is 1. The third-order valence-electron chi connectivity index (χ3n) is 3.17. The number of likely N-dealkylation sites (tertiary alicyclic amines) is 1. The summed E-state index contributed by atoms with van der Waals surface area (Å²) in [6, 6.07) is -0.0809. The van der Waals surface area contributed by atoms with Gasteiger partial charge in [0.15, 0.2) is 0 Å². The van der Waals surface area contributed by atoms with Gasteiger partial charge in [-0.1, -0.05) is 17.7 Å². The molecule has 1 rings (SSSR count). The number of halogens is 1. The zero-order valence-electron chi connectivity index (χ0n) is 11.4. The van der Waals surface area contributed by atoms with E-state index in [1.165, 1.54) is 0 Å². The molecule has 1 unspecified atom stereocenters. The van der Waals surface area contributed by atoms with Gasteiger partial charge in [-0.3, -0.25) is 4.90 Å². The highest BCUT2D eigenvalue weighted by Crippen LogP contribution is 2.17. The molecule has 0 aromatic rings. The van der Waals surface area contributed by atoms with E-state index in [4.69, 9.17) is 22.1 Å². The van der Waals surface area contributed by atoms with E-state index in [9.17, 15) is 0 Å². The van der Waals surface area contributed by atoms with Gasteiger partial charge in [-0.15, -0.1) is 6.58 Å². The maximum absolute atomic E-state index is 6.15. The molecule has 19 heavy (non-hydrogen) atoms. The Hall–Kier alpha value is -0.880. The second kappa shape index (κ2) is 8.32. The summed E-state index contributed by atoms with van der Waals surface area (Å²) >= 11 is 6.15. The van der Waals surface area contributed by atoms with Crippen LogP contribution < -0.4 is 11.1 Å². The van der Waals surface area contributed by atoms with Crippen molar-refractivity contribution in [3.63, 3.8) is 0 Å². The van der Waals surface area contributed by atoms with Crippen LogP contribution in [0.3, 0.4) is 0 Å². The summed E-state index contributed by atoms with van der Waals surface area (Å²) in [5.74, 6) is 0.555. The molecule has 1 fully saturated rings. The molecule has 0 aromatic heterocycles. The number of nitrogens with one attached hydrogen (secondary N) is 1. The van der Waals surface area contributed by atoms with Gasteiger partial charge in [0.25, 0.3) is 0 Å². The van der Waals surface area contributed by atoms with Gasteiger partial charge in [0.2, 0.25) is 0 Å². The van der Waals surface area contributed by atoms with Crippen LogP contribution in [0.5, 0.6) is 0 Å². The van der Waals surface area contributed by atoms with E-state index in [1.54, 1.807) is 13.2 Å². The SMILES string of the molecule is C=CC(N)/C(Cl)=C(\N=C)NC1CCN(COC)CC1. The third kappa shape index (κ3) is 4.95. The molecule has 5 nitrogen and oxygen atoms in total. The van der Waals surface area contributed by atoms with Crippen LogP contribution in [-0.4, -0.2) is 50.6 Å². The zero-order valence-corrected chi connectivity index (χ0v) is 12.2. The van der Waals surface area contributed by atoms with E-state index in [1.807, 2.05) is 0 Å². The van der Waals surface area contributed by atoms with Crippen molar-refractivity contribution in [2.45, 2.75) is 24.9 Å². The Morgan fingerprint density at radius 2 is 2.26 bits per heavy atom. The summed E-state index contributed by atoms with van der Waals surface area (Å²) in [6.07, 6.45) is 3.60. The van der Waals surface area contributed by atoms with Crippen LogP contribution in [0.1, 0.15) is 12.8 Å². The first-order chi connectivity index (χ1) is 9.12. The van der Waals surface area contributed by atoms with Crippen LogP contribution in [0.25, 0.3) is 0 Å². The summed E-state index contributed by atoms with van der Waals surface area (Å²) in [4.78, 5) is 6.19. The van der Waals surface area contributed by atoms with Gasteiger partial charge in [0.1, 0.15) is 5.82 Å². The maximum Gasteiger partial charge on any atom is 0.142 e. The fourth-order valence-corrected chi connectivity index (χ4v) is 2.24. The number of methoxy groups -OCH3 is 1. The number of hydrogen-bond donors (Lipinski definition) is 2. The Morgan fingerprint density at radius 1 is 1.63 bits per heavy atom. The van der Waals surface area contributed by atoms with Gasteiger partial charge in [0, 0.05) is 26.2 Å². The van der Waals surface area contributed by atoms with Crippen LogP contribution in [0.4, 0.5) is 0 Å². The lowest BCUT2D eigenvalue weighted by Gasteiger charge is -2.32. The lowest BCUT2D eigenvalue weighted by molar-refractivity contribution is 0.0450. The van der Waals surface area contributed by atoms with Crippen molar-refractivity contribution in [3.05, 3.63) is 23.5 Å². The maximum atomic E-state index is 6.15. The molecule has 108 valence electrons. The Morgan fingerprint density at radius 3 is 2.74 bits per heavy atom. The molecule has 0 spiro atoms. The quantitative estimate of drug-likeness (QED) is 0.546. The molecule has 6 heteroatoms. The predicted molar refractivity (Wildman–Crippen MR) is 80.2 cm³/mol. The first-order valence-corrected chi connectivity index (χ1v) is 6.72.